The summed E-state index contributed by atoms with van der Waals surface area (Å²) < 4.78 is 16.4. The Labute approximate surface area is 98.2 Å². The molecule has 0 spiro atoms. The largest absolute Gasteiger partial charge is 0.486 e. The van der Waals surface area contributed by atoms with E-state index in [2.05, 4.69) is 4.98 Å². The molecule has 1 aliphatic rings. The van der Waals surface area contributed by atoms with Gasteiger partial charge in [0.2, 0.25) is 5.89 Å². The predicted molar refractivity (Wildman–Crippen MR) is 60.8 cm³/mol. The minimum absolute atomic E-state index is 0.296. The Balaban J connectivity index is 1.97. The van der Waals surface area contributed by atoms with Crippen LogP contribution in [0, 0.1) is 0 Å². The van der Waals surface area contributed by atoms with Crippen LogP contribution in [0.5, 0.6) is 11.5 Å². The van der Waals surface area contributed by atoms with Crippen molar-refractivity contribution in [3.63, 3.8) is 0 Å². The maximum Gasteiger partial charge on any atom is 0.208 e. The van der Waals surface area contributed by atoms with E-state index in [1.807, 2.05) is 18.2 Å². The van der Waals surface area contributed by atoms with E-state index in [-0.39, 0.29) is 0 Å². The zero-order valence-electron chi connectivity index (χ0n) is 9.18. The molecule has 88 valence electrons. The number of nitrogens with zero attached hydrogens (tertiary/aromatic N) is 1. The van der Waals surface area contributed by atoms with Crippen LogP contribution in [0.2, 0.25) is 0 Å². The summed E-state index contributed by atoms with van der Waals surface area (Å²) in [5.41, 5.74) is 6.36. The number of ether oxygens (including phenoxy) is 2. The van der Waals surface area contributed by atoms with Gasteiger partial charge in [-0.3, -0.25) is 0 Å². The number of nitrogens with two attached hydrogens (primary N) is 1. The van der Waals surface area contributed by atoms with Gasteiger partial charge in [-0.1, -0.05) is 0 Å². The monoisotopic (exact) mass is 232 g/mol. The fourth-order valence-corrected chi connectivity index (χ4v) is 1.73. The van der Waals surface area contributed by atoms with Gasteiger partial charge in [0, 0.05) is 5.56 Å². The van der Waals surface area contributed by atoms with Crippen molar-refractivity contribution in [1.82, 2.24) is 4.98 Å². The van der Waals surface area contributed by atoms with Gasteiger partial charge < -0.3 is 19.6 Å². The van der Waals surface area contributed by atoms with Crippen LogP contribution < -0.4 is 15.2 Å². The van der Waals surface area contributed by atoms with E-state index in [1.165, 1.54) is 0 Å². The van der Waals surface area contributed by atoms with Crippen molar-refractivity contribution in [3.8, 4) is 22.8 Å². The average Bonchev–Trinajstić information content (AvgIpc) is 2.87. The number of aromatic nitrogens is 1. The highest BCUT2D eigenvalue weighted by Crippen LogP contribution is 2.34. The third kappa shape index (κ3) is 1.85. The number of rotatable bonds is 2. The predicted octanol–water partition coefficient (Wildman–Crippen LogP) is 1.57. The van der Waals surface area contributed by atoms with Crippen LogP contribution in [0.25, 0.3) is 11.3 Å². The van der Waals surface area contributed by atoms with E-state index < -0.39 is 0 Å². The van der Waals surface area contributed by atoms with E-state index in [9.17, 15) is 0 Å². The quantitative estimate of drug-likeness (QED) is 0.851. The second-order valence-corrected chi connectivity index (χ2v) is 3.68. The fraction of sp³-hybridized carbons (Fsp3) is 0.250. The zero-order chi connectivity index (χ0) is 11.7. The second-order valence-electron chi connectivity index (χ2n) is 3.68. The molecule has 2 heterocycles. The summed E-state index contributed by atoms with van der Waals surface area (Å²) in [4.78, 5) is 4.06. The van der Waals surface area contributed by atoms with Gasteiger partial charge >= 0.3 is 0 Å². The van der Waals surface area contributed by atoms with Gasteiger partial charge in [-0.15, -0.1) is 0 Å². The van der Waals surface area contributed by atoms with E-state index in [0.717, 1.165) is 17.1 Å². The number of benzene rings is 1. The first-order valence-electron chi connectivity index (χ1n) is 5.41. The molecule has 2 aromatic rings. The molecule has 0 saturated carbocycles. The molecule has 0 amide bonds. The highest BCUT2D eigenvalue weighted by atomic mass is 16.6. The van der Waals surface area contributed by atoms with Gasteiger partial charge in [0.1, 0.15) is 13.2 Å². The van der Waals surface area contributed by atoms with Gasteiger partial charge in [0.15, 0.2) is 17.3 Å². The molecule has 5 heteroatoms. The summed E-state index contributed by atoms with van der Waals surface area (Å²) in [6.07, 6.45) is 1.66. The molecule has 3 rings (SSSR count). The molecule has 1 aromatic carbocycles. The van der Waals surface area contributed by atoms with Crippen molar-refractivity contribution in [2.45, 2.75) is 6.54 Å². The van der Waals surface area contributed by atoms with Crippen molar-refractivity contribution < 1.29 is 13.9 Å². The molecule has 17 heavy (non-hydrogen) atoms. The Morgan fingerprint density at radius 3 is 2.76 bits per heavy atom. The fourth-order valence-electron chi connectivity index (χ4n) is 1.73. The third-order valence-corrected chi connectivity index (χ3v) is 2.55. The summed E-state index contributed by atoms with van der Waals surface area (Å²) in [7, 11) is 0. The van der Waals surface area contributed by atoms with Crippen LogP contribution in [-0.4, -0.2) is 18.2 Å². The second kappa shape index (κ2) is 4.10. The van der Waals surface area contributed by atoms with E-state index in [0.29, 0.717) is 31.4 Å². The Kier molecular flexibility index (Phi) is 2.45. The lowest BCUT2D eigenvalue weighted by atomic mass is 10.1. The van der Waals surface area contributed by atoms with Crippen LogP contribution in [0.4, 0.5) is 0 Å². The van der Waals surface area contributed by atoms with Crippen molar-refractivity contribution >= 4 is 0 Å². The van der Waals surface area contributed by atoms with Crippen molar-refractivity contribution in [3.05, 3.63) is 30.3 Å². The Morgan fingerprint density at radius 2 is 2.00 bits per heavy atom. The number of hydrogen-bond donors (Lipinski definition) is 1. The molecule has 0 fully saturated rings. The van der Waals surface area contributed by atoms with E-state index in [1.54, 1.807) is 6.20 Å². The zero-order valence-corrected chi connectivity index (χ0v) is 9.18. The lowest BCUT2D eigenvalue weighted by Gasteiger charge is -2.18. The minimum Gasteiger partial charge on any atom is -0.486 e. The average molecular weight is 232 g/mol. The topological polar surface area (TPSA) is 70.5 Å². The van der Waals surface area contributed by atoms with Crippen LogP contribution in [0.15, 0.2) is 28.8 Å². The first-order valence-corrected chi connectivity index (χ1v) is 5.41. The molecule has 0 bridgehead atoms. The Morgan fingerprint density at radius 1 is 1.18 bits per heavy atom. The summed E-state index contributed by atoms with van der Waals surface area (Å²) in [5.74, 6) is 2.70. The highest BCUT2D eigenvalue weighted by molar-refractivity contribution is 5.62. The first kappa shape index (κ1) is 10.2. The van der Waals surface area contributed by atoms with Crippen molar-refractivity contribution in [2.24, 2.45) is 5.73 Å². The Hall–Kier alpha value is -2.01. The summed E-state index contributed by atoms with van der Waals surface area (Å²) >= 11 is 0. The van der Waals surface area contributed by atoms with Crippen LogP contribution in [0.1, 0.15) is 5.89 Å². The number of fused-ring (bicyclic) bond motifs is 1. The molecule has 1 aromatic heterocycles. The first-order chi connectivity index (χ1) is 8.36. The van der Waals surface area contributed by atoms with Crippen molar-refractivity contribution in [2.75, 3.05) is 13.2 Å². The van der Waals surface area contributed by atoms with Gasteiger partial charge in [0.25, 0.3) is 0 Å². The molecule has 1 aliphatic heterocycles. The maximum atomic E-state index is 5.51. The normalized spacial score (nSPS) is 13.7. The molecule has 0 aliphatic carbocycles. The molecular formula is C12H12N2O3. The number of hydrogen-bond acceptors (Lipinski definition) is 5. The maximum absolute atomic E-state index is 5.51. The minimum atomic E-state index is 0.296. The van der Waals surface area contributed by atoms with Crippen LogP contribution in [0.3, 0.4) is 0 Å². The Bertz CT molecular complexity index is 536. The molecular weight excluding hydrogens is 220 g/mol. The smallest absolute Gasteiger partial charge is 0.208 e. The summed E-state index contributed by atoms with van der Waals surface area (Å²) in [5, 5.41) is 0. The lowest BCUT2D eigenvalue weighted by Crippen LogP contribution is -2.15. The summed E-state index contributed by atoms with van der Waals surface area (Å²) in [6.45, 7) is 1.46. The summed E-state index contributed by atoms with van der Waals surface area (Å²) in [6, 6.07) is 5.66. The van der Waals surface area contributed by atoms with Gasteiger partial charge in [-0.2, -0.15) is 0 Å². The van der Waals surface area contributed by atoms with E-state index >= 15 is 0 Å². The number of oxazole rings is 1. The van der Waals surface area contributed by atoms with E-state index in [4.69, 9.17) is 19.6 Å². The standard InChI is InChI=1S/C12H12N2O3/c13-6-12-14-7-11(17-12)8-1-2-9-10(5-8)16-4-3-15-9/h1-2,5,7H,3-4,6,13H2. The molecule has 2 N–H and O–H groups in total. The highest BCUT2D eigenvalue weighted by Gasteiger charge is 2.14. The molecule has 5 nitrogen and oxygen atoms in total. The van der Waals surface area contributed by atoms with Gasteiger partial charge in [-0.05, 0) is 18.2 Å². The SMILES string of the molecule is NCc1ncc(-c2ccc3c(c2)OCCO3)o1. The van der Waals surface area contributed by atoms with Gasteiger partial charge in [-0.25, -0.2) is 4.98 Å². The molecule has 0 unspecified atom stereocenters. The third-order valence-electron chi connectivity index (χ3n) is 2.55. The lowest BCUT2D eigenvalue weighted by molar-refractivity contribution is 0.171. The van der Waals surface area contributed by atoms with Crippen LogP contribution in [-0.2, 0) is 6.54 Å². The van der Waals surface area contributed by atoms with Gasteiger partial charge in [0.05, 0.1) is 12.7 Å². The molecule has 0 saturated heterocycles. The van der Waals surface area contributed by atoms with Crippen LogP contribution >= 0.6 is 0 Å². The van der Waals surface area contributed by atoms with Crippen molar-refractivity contribution in [1.29, 1.82) is 0 Å². The molecule has 0 radical (unpaired) electrons. The molecule has 0 atom stereocenters.